The Bertz CT molecular complexity index is 3210. The Labute approximate surface area is 438 Å². The number of nitrogens with one attached hydrogen (secondary N) is 3. The minimum absolute atomic E-state index is 0.0574. The highest BCUT2D eigenvalue weighted by molar-refractivity contribution is 7.85. The molecule has 4 N–H and O–H groups in total. The highest BCUT2D eigenvalue weighted by Gasteiger charge is 2.40. The van der Waals surface area contributed by atoms with Gasteiger partial charge in [-0.15, -0.1) is 0 Å². The molecule has 0 radical (unpaired) electrons. The molecule has 0 saturated carbocycles. The van der Waals surface area contributed by atoms with Crippen LogP contribution < -0.4 is 25.4 Å². The van der Waals surface area contributed by atoms with Crippen molar-refractivity contribution in [1.29, 1.82) is 0 Å². The predicted molar refractivity (Wildman–Crippen MR) is 280 cm³/mol. The second-order valence-corrected chi connectivity index (χ2v) is 21.2. The Hall–Kier alpha value is -6.96. The number of halogens is 2. The zero-order valence-corrected chi connectivity index (χ0v) is 43.1. The summed E-state index contributed by atoms with van der Waals surface area (Å²) < 4.78 is 58.4. The average Bonchev–Trinajstić information content (AvgIpc) is 3.92. The molecule has 1 aromatic heterocycles. The van der Waals surface area contributed by atoms with Crippen LogP contribution in [0, 0.1) is 0 Å². The molecule has 17 nitrogen and oxygen atoms in total. The molecule has 9 rings (SSSR count). The van der Waals surface area contributed by atoms with E-state index in [-0.39, 0.29) is 49.6 Å². The van der Waals surface area contributed by atoms with Gasteiger partial charge in [0.05, 0.1) is 37.2 Å². The van der Waals surface area contributed by atoms with Gasteiger partial charge in [-0.3, -0.25) is 18.9 Å². The first-order valence-electron chi connectivity index (χ1n) is 24.1. The first-order valence-corrected chi connectivity index (χ1v) is 26.4. The molecule has 0 bridgehead atoms. The third-order valence-corrected chi connectivity index (χ3v) is 14.5. The molecule has 74 heavy (non-hydrogen) atoms. The lowest BCUT2D eigenvalue weighted by atomic mass is 9.95. The summed E-state index contributed by atoms with van der Waals surface area (Å²) in [5, 5.41) is 13.6. The van der Waals surface area contributed by atoms with E-state index in [4.69, 9.17) is 47.2 Å². The number of alkyl carbamates (subject to hydrolysis) is 1. The molecule has 386 valence electrons. The van der Waals surface area contributed by atoms with Crippen molar-refractivity contribution in [1.82, 2.24) is 25.3 Å². The van der Waals surface area contributed by atoms with Crippen LogP contribution in [-0.2, 0) is 35.8 Å². The van der Waals surface area contributed by atoms with Gasteiger partial charge in [0.1, 0.15) is 36.5 Å². The summed E-state index contributed by atoms with van der Waals surface area (Å²) in [7, 11) is -3.12. The van der Waals surface area contributed by atoms with Crippen LogP contribution in [0.4, 0.5) is 10.5 Å². The van der Waals surface area contributed by atoms with Crippen LogP contribution in [0.25, 0.3) is 39.2 Å². The molecule has 1 aliphatic carbocycles. The fraction of sp³-hybridized carbons (Fsp3) is 0.315. The molecule has 1 fully saturated rings. The van der Waals surface area contributed by atoms with Gasteiger partial charge in [0, 0.05) is 63.9 Å². The van der Waals surface area contributed by atoms with Crippen molar-refractivity contribution in [3.8, 4) is 50.7 Å². The average molecular weight is 1070 g/mol. The van der Waals surface area contributed by atoms with E-state index in [1.165, 1.54) is 0 Å². The van der Waals surface area contributed by atoms with Crippen LogP contribution in [0.2, 0.25) is 10.0 Å². The van der Waals surface area contributed by atoms with Gasteiger partial charge in [0.25, 0.3) is 16.0 Å². The van der Waals surface area contributed by atoms with E-state index in [0.717, 1.165) is 22.3 Å². The molecular formula is C54H54Cl2N6O11S. The van der Waals surface area contributed by atoms with E-state index in [1.807, 2.05) is 86.6 Å². The Morgan fingerprint density at radius 1 is 0.878 bits per heavy atom. The summed E-state index contributed by atoms with van der Waals surface area (Å²) in [6, 6.07) is 30.0. The van der Waals surface area contributed by atoms with Gasteiger partial charge in [-0.1, -0.05) is 90.3 Å². The Balaban J connectivity index is 0.822. The van der Waals surface area contributed by atoms with Crippen molar-refractivity contribution in [3.05, 3.63) is 136 Å². The molecule has 1 saturated heterocycles. The second kappa shape index (κ2) is 21.9. The topological polar surface area (TPSA) is 217 Å². The number of nitrogens with zero attached hydrogens (tertiary/aromatic N) is 3. The maximum Gasteiger partial charge on any atom is 0.407 e. The number of unbranched alkanes of at least 4 members (excludes halogenated alkanes) is 2. The SMILES string of the molecule is COc1cc2c(cc1-c1cccc(NC(=O)CCCCCNC(=O)[C@H](CS(=O)(=O)O)NC(=O)OCC3c4ccccc4-c4ccccc43)c1)-c1c(c(C(=O)N3CCOCC3(C)C)nn1-c1cc(Cl)cc(Cl)c1)CO2. The van der Waals surface area contributed by atoms with Crippen LogP contribution in [-0.4, -0.2) is 109 Å². The summed E-state index contributed by atoms with van der Waals surface area (Å²) in [4.78, 5) is 55.5. The fourth-order valence-electron chi connectivity index (χ4n) is 9.74. The molecule has 6 aromatic rings. The maximum atomic E-state index is 14.4. The molecule has 4 amide bonds. The molecule has 0 spiro atoms. The molecule has 5 aromatic carbocycles. The van der Waals surface area contributed by atoms with E-state index < -0.39 is 39.5 Å². The zero-order valence-electron chi connectivity index (χ0n) is 40.8. The third-order valence-electron chi connectivity index (χ3n) is 13.3. The predicted octanol–water partition coefficient (Wildman–Crippen LogP) is 9.08. The zero-order chi connectivity index (χ0) is 52.3. The standard InChI is InChI=1S/C54H54Cl2N6O11S/c1-54(2)31-71-21-20-61(54)52(65)49-44-29-72-47-27-46(70-3)41(26-42(47)50(44)62(60-49)36-24-33(55)23-34(56)25-36)32-12-11-13-35(22-32)58-48(63)18-5-4-10-19-57-51(64)45(30-74(67,68)69)59-53(66)73-28-43-39-16-8-6-14-37(39)38-15-7-9-17-40(38)43/h6-9,11-17,22-27,43,45H,4-5,10,18-21,28-31H2,1-3H3,(H,57,64)(H,58,63)(H,59,66)(H,67,68,69)/t45-/m0/s1. The van der Waals surface area contributed by atoms with E-state index in [0.29, 0.717) is 99.9 Å². The summed E-state index contributed by atoms with van der Waals surface area (Å²) in [6.45, 7) is 5.17. The van der Waals surface area contributed by atoms with Crippen LogP contribution >= 0.6 is 23.2 Å². The van der Waals surface area contributed by atoms with E-state index >= 15 is 0 Å². The number of carbonyl (C=O) groups excluding carboxylic acids is 4. The van der Waals surface area contributed by atoms with Crippen molar-refractivity contribution in [2.75, 3.05) is 51.1 Å². The van der Waals surface area contributed by atoms with Crippen LogP contribution in [0.5, 0.6) is 11.5 Å². The van der Waals surface area contributed by atoms with Gasteiger partial charge in [0.15, 0.2) is 5.69 Å². The van der Waals surface area contributed by atoms with Gasteiger partial charge in [-0.05, 0) is 90.9 Å². The Morgan fingerprint density at radius 2 is 1.59 bits per heavy atom. The molecule has 1 atom stereocenters. The first kappa shape index (κ1) is 51.9. The van der Waals surface area contributed by atoms with Crippen molar-refractivity contribution in [2.24, 2.45) is 0 Å². The van der Waals surface area contributed by atoms with Crippen molar-refractivity contribution < 1.29 is 51.1 Å². The number of anilines is 1. The lowest BCUT2D eigenvalue weighted by Crippen LogP contribution is -2.55. The summed E-state index contributed by atoms with van der Waals surface area (Å²) in [5.41, 5.74) is 7.97. The minimum Gasteiger partial charge on any atom is -0.496 e. The molecule has 20 heteroatoms. The summed E-state index contributed by atoms with van der Waals surface area (Å²) in [6.07, 6.45) is 0.584. The second-order valence-electron chi connectivity index (χ2n) is 18.9. The van der Waals surface area contributed by atoms with E-state index in [1.54, 1.807) is 47.0 Å². The number of methoxy groups -OCH3 is 1. The minimum atomic E-state index is -4.67. The van der Waals surface area contributed by atoms with Crippen molar-refractivity contribution in [3.63, 3.8) is 0 Å². The number of rotatable bonds is 17. The van der Waals surface area contributed by atoms with Crippen molar-refractivity contribution in [2.45, 2.75) is 63.6 Å². The number of aromatic nitrogens is 2. The van der Waals surface area contributed by atoms with Crippen LogP contribution in [0.15, 0.2) is 103 Å². The van der Waals surface area contributed by atoms with E-state index in [9.17, 15) is 32.1 Å². The highest BCUT2D eigenvalue weighted by atomic mass is 35.5. The monoisotopic (exact) mass is 1060 g/mol. The highest BCUT2D eigenvalue weighted by Crippen LogP contribution is 2.48. The number of amides is 4. The van der Waals surface area contributed by atoms with Gasteiger partial charge in [0.2, 0.25) is 11.8 Å². The number of carbonyl (C=O) groups is 4. The lowest BCUT2D eigenvalue weighted by Gasteiger charge is -2.41. The molecule has 2 aliphatic heterocycles. The smallest absolute Gasteiger partial charge is 0.407 e. The van der Waals surface area contributed by atoms with Crippen molar-refractivity contribution >= 4 is 62.8 Å². The van der Waals surface area contributed by atoms with Gasteiger partial charge < -0.3 is 39.8 Å². The third kappa shape index (κ3) is 11.4. The number of ether oxygens (including phenoxy) is 4. The van der Waals surface area contributed by atoms with Gasteiger partial charge in [-0.2, -0.15) is 13.5 Å². The quantitative estimate of drug-likeness (QED) is 0.0497. The van der Waals surface area contributed by atoms with Crippen LogP contribution in [0.3, 0.4) is 0 Å². The number of morpholine rings is 1. The molecular weight excluding hydrogens is 1010 g/mol. The largest absolute Gasteiger partial charge is 0.496 e. The van der Waals surface area contributed by atoms with E-state index in [2.05, 4.69) is 16.0 Å². The van der Waals surface area contributed by atoms with Gasteiger partial charge >= 0.3 is 6.09 Å². The Morgan fingerprint density at radius 3 is 2.28 bits per heavy atom. The maximum absolute atomic E-state index is 14.4. The number of benzene rings is 5. The Kier molecular flexibility index (Phi) is 15.3. The number of hydrogen-bond acceptors (Lipinski definition) is 11. The fourth-order valence-corrected chi connectivity index (χ4v) is 10.9. The summed E-state index contributed by atoms with van der Waals surface area (Å²) in [5.74, 6) is -1.63. The normalized spacial score (nSPS) is 14.9. The first-order chi connectivity index (χ1) is 35.5. The number of fused-ring (bicyclic) bond motifs is 6. The molecule has 3 heterocycles. The molecule has 0 unspecified atom stereocenters. The van der Waals surface area contributed by atoms with Crippen LogP contribution in [0.1, 0.15) is 72.6 Å². The lowest BCUT2D eigenvalue weighted by molar-refractivity contribution is -0.122. The number of hydrogen-bond donors (Lipinski definition) is 4. The summed E-state index contributed by atoms with van der Waals surface area (Å²) >= 11 is 13.0. The van der Waals surface area contributed by atoms with Gasteiger partial charge in [-0.25, -0.2) is 9.48 Å². The molecule has 3 aliphatic rings.